The average Bonchev–Trinajstić information content (AvgIpc) is 0.826. The summed E-state index contributed by atoms with van der Waals surface area (Å²) in [5.74, 6) is -0.489. The lowest BCUT2D eigenvalue weighted by Gasteiger charge is -2.20. The second kappa shape index (κ2) is 60.7. The van der Waals surface area contributed by atoms with Crippen LogP contribution in [0.4, 0.5) is 0 Å². The van der Waals surface area contributed by atoms with Crippen LogP contribution >= 0.6 is 0 Å². The molecule has 22 N–H and O–H groups in total. The topological polar surface area (TPSA) is 861 Å². The molecule has 0 radical (unpaired) electrons. The molecular formula is C77H120N12O43S9. The van der Waals surface area contributed by atoms with E-state index in [1.807, 2.05) is 6.92 Å². The Bertz CT molecular complexity index is 5820. The number of amides is 4. The smallest absolute Gasteiger partial charge is 0.264 e. The van der Waals surface area contributed by atoms with Gasteiger partial charge in [-0.1, -0.05) is 13.3 Å². The lowest BCUT2D eigenvalue weighted by Crippen LogP contribution is -2.32. The van der Waals surface area contributed by atoms with Crippen molar-refractivity contribution < 1.29 is 193 Å². The van der Waals surface area contributed by atoms with Crippen LogP contribution in [0.5, 0.6) is 69.0 Å². The summed E-state index contributed by atoms with van der Waals surface area (Å²) >= 11 is 0. The maximum absolute atomic E-state index is 14.0. The fraction of sp³-hybridized carbons (Fsp3) is 0.558. The number of hydrogen-bond donors (Lipinski definition) is 18. The number of nitrogens with one attached hydrogen (secondary N) is 5. The molecule has 0 fully saturated rings. The molecule has 64 heteroatoms. The van der Waals surface area contributed by atoms with Gasteiger partial charge >= 0.3 is 0 Å². The summed E-state index contributed by atoms with van der Waals surface area (Å²) in [5, 5.41) is 18.7. The average molecular weight is 2190 g/mol. The second-order valence-electron chi connectivity index (χ2n) is 30.2. The molecule has 0 saturated carbocycles. The van der Waals surface area contributed by atoms with E-state index in [-0.39, 0.29) is 231 Å². The maximum atomic E-state index is 14.0. The molecule has 4 amide bonds. The summed E-state index contributed by atoms with van der Waals surface area (Å²) in [7, 11) is -40.2. The van der Waals surface area contributed by atoms with Crippen molar-refractivity contribution >= 4 is 127 Å². The molecule has 0 atom stereocenters. The SMILES string of the molecule is CCCCNC(=O)c1cc(OC/C(N)=C/NCCCNC(=O)c2cc(OCCCS(=O)(=O)O)c(OCCCS(=O)(=O)O)c(OCCCS(=O)(=O)O)c2)c(OCC(C=NCCCNC(=O)c2cc(OCCCS(=O)(=O)O)c(OCCCS(=O)(=O)O)c(OCCCS(=O)(=O)O)c2)=NN)c(OC/C(N)=C/N(N)CCCNC(=O)c2cc(OCCCS(=O)(=O)O)c(OCCCS(=O)(=O)O)c(OCCCS(=O)(=O)O)c2)c1. The van der Waals surface area contributed by atoms with Crippen molar-refractivity contribution in [2.24, 2.45) is 33.2 Å². The highest BCUT2D eigenvalue weighted by Crippen LogP contribution is 2.44. The zero-order valence-electron chi connectivity index (χ0n) is 76.3. The fourth-order valence-corrected chi connectivity index (χ4v) is 15.7. The number of nitrogens with zero attached hydrogens (tertiary/aromatic N) is 3. The number of aliphatic imine (C=N–C) groups is 1. The van der Waals surface area contributed by atoms with Gasteiger partial charge in [0.2, 0.25) is 23.0 Å². The zero-order chi connectivity index (χ0) is 105. The van der Waals surface area contributed by atoms with Gasteiger partial charge in [0.05, 0.1) is 123 Å². The molecule has 141 heavy (non-hydrogen) atoms. The number of hydrogen-bond acceptors (Lipinski definition) is 42. The molecule has 800 valence electrons. The molecule has 0 aliphatic carbocycles. The molecule has 0 unspecified atom stereocenters. The van der Waals surface area contributed by atoms with Crippen LogP contribution in [0.25, 0.3) is 0 Å². The Morgan fingerprint density at radius 1 is 0.326 bits per heavy atom. The highest BCUT2D eigenvalue weighted by molar-refractivity contribution is 7.87. The van der Waals surface area contributed by atoms with Gasteiger partial charge in [-0.3, -0.25) is 65.1 Å². The van der Waals surface area contributed by atoms with Crippen LogP contribution in [0.3, 0.4) is 0 Å². The third kappa shape index (κ3) is 56.7. The Labute approximate surface area is 816 Å². The van der Waals surface area contributed by atoms with Gasteiger partial charge in [0, 0.05) is 86.7 Å². The molecule has 4 aromatic rings. The van der Waals surface area contributed by atoms with Crippen molar-refractivity contribution in [2.75, 3.05) is 177 Å². The number of hydrazine groups is 1. The normalized spacial score (nSPS) is 12.7. The minimum Gasteiger partial charge on any atom is -0.489 e. The predicted octanol–water partition coefficient (Wildman–Crippen LogP) is 0.474. The van der Waals surface area contributed by atoms with Gasteiger partial charge < -0.3 is 106 Å². The van der Waals surface area contributed by atoms with E-state index < -0.39 is 246 Å². The summed E-state index contributed by atoms with van der Waals surface area (Å²) < 4.78 is 361. The van der Waals surface area contributed by atoms with E-state index in [2.05, 4.69) is 36.7 Å². The number of unbranched alkanes of at least 4 members (excludes halogenated alkanes) is 1. The van der Waals surface area contributed by atoms with Crippen LogP contribution < -0.4 is 107 Å². The van der Waals surface area contributed by atoms with Crippen LogP contribution in [-0.4, -0.2) is 334 Å². The van der Waals surface area contributed by atoms with Crippen LogP contribution in [-0.2, 0) is 91.1 Å². The Morgan fingerprint density at radius 3 is 0.851 bits per heavy atom. The largest absolute Gasteiger partial charge is 0.489 e. The lowest BCUT2D eigenvalue weighted by atomic mass is 10.1. The number of rotatable bonds is 76. The molecule has 0 spiro atoms. The van der Waals surface area contributed by atoms with Gasteiger partial charge in [-0.25, -0.2) is 5.84 Å². The van der Waals surface area contributed by atoms with Crippen molar-refractivity contribution in [3.63, 3.8) is 0 Å². The zero-order valence-corrected chi connectivity index (χ0v) is 83.6. The van der Waals surface area contributed by atoms with E-state index in [0.717, 1.165) is 29.3 Å². The van der Waals surface area contributed by atoms with Crippen LogP contribution in [0.1, 0.15) is 138 Å². The third-order valence-corrected chi connectivity index (χ3v) is 25.0. The molecule has 4 rings (SSSR count). The highest BCUT2D eigenvalue weighted by Gasteiger charge is 2.28. The molecule has 4 aromatic carbocycles. The fourth-order valence-electron chi connectivity index (χ4n) is 11.4. The number of nitrogens with two attached hydrogens (primary N) is 4. The molecule has 0 bridgehead atoms. The van der Waals surface area contributed by atoms with Gasteiger partial charge in [0.25, 0.3) is 115 Å². The molecule has 55 nitrogen and oxygen atoms in total. The Kier molecular flexibility index (Phi) is 52.8. The summed E-state index contributed by atoms with van der Waals surface area (Å²) in [6, 6.07) is 9.52. The summed E-state index contributed by atoms with van der Waals surface area (Å²) in [6.07, 6.45) is 2.80. The van der Waals surface area contributed by atoms with E-state index in [9.17, 15) is 136 Å². The molecule has 0 aliphatic heterocycles. The van der Waals surface area contributed by atoms with Gasteiger partial charge in [0.15, 0.2) is 46.0 Å². The first-order chi connectivity index (χ1) is 65.9. The molecule has 0 saturated heterocycles. The number of carbonyl (C=O) groups excluding carboxylic acids is 4. The lowest BCUT2D eigenvalue weighted by molar-refractivity contribution is 0.0943. The minimum atomic E-state index is -4.47. The van der Waals surface area contributed by atoms with Crippen molar-refractivity contribution in [1.82, 2.24) is 31.6 Å². The monoisotopic (exact) mass is 2190 g/mol. The van der Waals surface area contributed by atoms with Crippen molar-refractivity contribution in [3.8, 4) is 69.0 Å². The Balaban J connectivity index is 1.68. The van der Waals surface area contributed by atoms with Gasteiger partial charge in [-0.15, -0.1) is 0 Å². The Morgan fingerprint density at radius 2 is 0.574 bits per heavy atom. The number of ether oxygens (including phenoxy) is 12. The second-order valence-corrected chi connectivity index (χ2v) is 44.3. The standard InChI is InChI=1S/C77H120N12O43S9/c1-2-3-18-84-74(90)58-47-68(130-52-59(78)49-82-16-4-19-85-75(91)55-41-62(121-23-7-32-133(94,95)96)70(127-29-13-38-139(112,113)114)63(42-55)122-24-8-33-134(97,98)99)73(132-54-61(88-80)50-83-17-5-20-86-76(92)56-43-64(123-25-9-34-135(100,101)102)71(128-30-14-39-140(115,116)117)65(44-56)124-26-10-35-136(103,104)105)69(48-58)131-53-60(79)51-89(81)22-6-21-87-77(93)57-45-66(125-27-11-36-137(106,107)108)72(129-31-15-40-141(118,119)120)67(46-57)126-28-12-37-138(109,110)111/h41-51,82H,2-40,52-54,78-81H2,1H3,(H,84,90)(H,85,91)(H,86,92)(H,87,93)(H,94,95,96)(H,97,98,99)(H,100,101,102)(H,103,104,105)(H,106,107,108)(H,109,110,111)(H,112,113,114)(H,115,116,117)(H,118,119,120)/b59-49-,60-51-,83-50?,88-61?. The van der Waals surface area contributed by atoms with Gasteiger partial charge in [-0.2, -0.15) is 80.9 Å². The number of benzene rings is 4. The van der Waals surface area contributed by atoms with Crippen LogP contribution in [0, 0.1) is 0 Å². The number of carbonyl (C=O) groups is 4. The van der Waals surface area contributed by atoms with E-state index in [1.54, 1.807) is 0 Å². The van der Waals surface area contributed by atoms with E-state index in [1.165, 1.54) is 42.9 Å². The first-order valence-corrected chi connectivity index (χ1v) is 57.2. The van der Waals surface area contributed by atoms with Crippen molar-refractivity contribution in [1.29, 1.82) is 0 Å². The number of hydrazone groups is 1. The van der Waals surface area contributed by atoms with Crippen molar-refractivity contribution in [3.05, 3.63) is 94.6 Å². The Hall–Kier alpha value is -10.7. The van der Waals surface area contributed by atoms with Crippen molar-refractivity contribution in [2.45, 2.75) is 96.8 Å². The first kappa shape index (κ1) is 123. The molecular weight excluding hydrogens is 2070 g/mol. The molecule has 0 aromatic heterocycles. The summed E-state index contributed by atoms with van der Waals surface area (Å²) in [4.78, 5) is 59.8. The van der Waals surface area contributed by atoms with E-state index in [4.69, 9.17) is 80.0 Å². The van der Waals surface area contributed by atoms with E-state index in [0.29, 0.717) is 12.8 Å². The van der Waals surface area contributed by atoms with Gasteiger partial charge in [-0.05, 0) is 132 Å². The summed E-state index contributed by atoms with van der Waals surface area (Å²) in [6.45, 7) is -3.36. The quantitative estimate of drug-likeness (QED) is 0.00939. The van der Waals surface area contributed by atoms with Crippen LogP contribution in [0.2, 0.25) is 0 Å². The highest BCUT2D eigenvalue weighted by atomic mass is 32.3. The minimum absolute atomic E-state index is 0.00295. The molecule has 0 heterocycles. The third-order valence-electron chi connectivity index (χ3n) is 17.7. The first-order valence-electron chi connectivity index (χ1n) is 42.7. The van der Waals surface area contributed by atoms with Gasteiger partial charge in [0.1, 0.15) is 25.5 Å². The maximum Gasteiger partial charge on any atom is 0.264 e. The van der Waals surface area contributed by atoms with Crippen LogP contribution in [0.15, 0.2) is 82.4 Å². The predicted molar refractivity (Wildman–Crippen MR) is 508 cm³/mol. The molecule has 0 aliphatic rings. The summed E-state index contributed by atoms with van der Waals surface area (Å²) in [5.41, 5.74) is 12.3. The van der Waals surface area contributed by atoms with E-state index >= 15 is 0 Å².